The molecule has 1 aromatic rings. The lowest BCUT2D eigenvalue weighted by Crippen LogP contribution is -2.19. The van der Waals surface area contributed by atoms with Gasteiger partial charge in [-0.1, -0.05) is 0 Å². The molecule has 11 heteroatoms. The first-order chi connectivity index (χ1) is 11.9. The lowest BCUT2D eigenvalue weighted by Gasteiger charge is -2.15. The molecule has 0 aliphatic rings. The van der Waals surface area contributed by atoms with Crippen molar-refractivity contribution < 1.29 is 36.9 Å². The van der Waals surface area contributed by atoms with Crippen LogP contribution in [-0.4, -0.2) is 43.5 Å². The highest BCUT2D eigenvalue weighted by Gasteiger charge is 2.22. The van der Waals surface area contributed by atoms with Crippen LogP contribution >= 0.6 is 0 Å². The van der Waals surface area contributed by atoms with Crippen molar-refractivity contribution >= 4 is 44.9 Å². The Morgan fingerprint density at radius 3 is 1.81 bits per heavy atom. The van der Waals surface area contributed by atoms with Crippen LogP contribution in [0, 0.1) is 0 Å². The molecule has 26 heavy (non-hydrogen) atoms. The molecule has 0 heterocycles. The third-order valence-electron chi connectivity index (χ3n) is 2.95. The van der Waals surface area contributed by atoms with Crippen LogP contribution in [0.4, 0.5) is 11.4 Å². The van der Waals surface area contributed by atoms with Gasteiger partial charge in [-0.3, -0.25) is 23.7 Å². The molecule has 0 aliphatic heterocycles. The van der Waals surface area contributed by atoms with Gasteiger partial charge in [0.05, 0.1) is 31.3 Å². The molecular formula is C15H18N2O8S. The van der Waals surface area contributed by atoms with Crippen molar-refractivity contribution in [2.75, 3.05) is 17.7 Å². The zero-order valence-corrected chi connectivity index (χ0v) is 15.1. The first kappa shape index (κ1) is 21.3. The van der Waals surface area contributed by atoms with Gasteiger partial charge in [0, 0.05) is 6.07 Å². The number of Topliss-reactive ketones (excluding diaryl/α,β-unsaturated/α-hetero) is 2. The number of anilines is 2. The lowest BCUT2D eigenvalue weighted by atomic mass is 10.2. The standard InChI is InChI=1S/C15H18N2O8S/c1-8(18)4-14(20)16-10-7-13(26(22,23)24)11(6-12(10)25-3)17-15(21)5-9(2)19/h6-7H,4-5H2,1-3H3,(H,16,20)(H,17,21)(H,22,23,24). The van der Waals surface area contributed by atoms with Gasteiger partial charge in [0.15, 0.2) is 0 Å². The van der Waals surface area contributed by atoms with E-state index in [1.165, 1.54) is 21.0 Å². The highest BCUT2D eigenvalue weighted by Crippen LogP contribution is 2.34. The molecule has 0 atom stereocenters. The Morgan fingerprint density at radius 2 is 1.42 bits per heavy atom. The van der Waals surface area contributed by atoms with E-state index in [1.54, 1.807) is 0 Å². The number of carbonyl (C=O) groups excluding carboxylic acids is 4. The molecule has 3 N–H and O–H groups in total. The highest BCUT2D eigenvalue weighted by atomic mass is 32.2. The van der Waals surface area contributed by atoms with Gasteiger partial charge >= 0.3 is 0 Å². The number of ether oxygens (including phenoxy) is 1. The molecule has 0 bridgehead atoms. The van der Waals surface area contributed by atoms with Gasteiger partial charge in [-0.05, 0) is 19.9 Å². The number of amides is 2. The molecule has 0 aliphatic carbocycles. The summed E-state index contributed by atoms with van der Waals surface area (Å²) < 4.78 is 37.6. The topological polar surface area (TPSA) is 156 Å². The van der Waals surface area contributed by atoms with E-state index in [4.69, 9.17) is 4.74 Å². The van der Waals surface area contributed by atoms with E-state index in [0.29, 0.717) is 0 Å². The number of carbonyl (C=O) groups is 4. The predicted molar refractivity (Wildman–Crippen MR) is 90.7 cm³/mol. The van der Waals surface area contributed by atoms with Crippen LogP contribution < -0.4 is 15.4 Å². The first-order valence-electron chi connectivity index (χ1n) is 7.22. The van der Waals surface area contributed by atoms with E-state index >= 15 is 0 Å². The second kappa shape index (κ2) is 8.54. The van der Waals surface area contributed by atoms with Gasteiger partial charge in [-0.25, -0.2) is 0 Å². The van der Waals surface area contributed by atoms with E-state index in [9.17, 15) is 32.1 Å². The summed E-state index contributed by atoms with van der Waals surface area (Å²) in [6, 6.07) is 1.93. The molecule has 0 fully saturated rings. The smallest absolute Gasteiger partial charge is 0.296 e. The number of methoxy groups -OCH3 is 1. The van der Waals surface area contributed by atoms with Gasteiger partial charge in [-0.2, -0.15) is 8.42 Å². The fourth-order valence-corrected chi connectivity index (χ4v) is 2.63. The monoisotopic (exact) mass is 386 g/mol. The van der Waals surface area contributed by atoms with Crippen LogP contribution in [0.3, 0.4) is 0 Å². The molecule has 10 nitrogen and oxygen atoms in total. The van der Waals surface area contributed by atoms with Crippen LogP contribution in [0.5, 0.6) is 5.75 Å². The predicted octanol–water partition coefficient (Wildman–Crippen LogP) is 0.777. The Hall–Kier alpha value is -2.79. The van der Waals surface area contributed by atoms with Crippen LogP contribution in [-0.2, 0) is 29.3 Å². The summed E-state index contributed by atoms with van der Waals surface area (Å²) in [5, 5.41) is 4.48. The number of hydrogen-bond donors (Lipinski definition) is 3. The zero-order chi connectivity index (χ0) is 20.1. The first-order valence-corrected chi connectivity index (χ1v) is 8.66. The van der Waals surface area contributed by atoms with E-state index < -0.39 is 51.2 Å². The van der Waals surface area contributed by atoms with Gasteiger partial charge in [0.25, 0.3) is 10.1 Å². The third-order valence-corrected chi connectivity index (χ3v) is 3.84. The average Bonchev–Trinajstić information content (AvgIpc) is 2.45. The minimum Gasteiger partial charge on any atom is -0.494 e. The maximum absolute atomic E-state index is 11.7. The average molecular weight is 386 g/mol. The Morgan fingerprint density at radius 1 is 0.962 bits per heavy atom. The molecule has 0 spiro atoms. The minimum absolute atomic E-state index is 0.0348. The van der Waals surface area contributed by atoms with E-state index in [0.717, 1.165) is 12.1 Å². The molecule has 0 saturated carbocycles. The van der Waals surface area contributed by atoms with E-state index in [-0.39, 0.29) is 17.1 Å². The van der Waals surface area contributed by atoms with Crippen molar-refractivity contribution in [3.05, 3.63) is 12.1 Å². The van der Waals surface area contributed by atoms with Crippen molar-refractivity contribution in [3.8, 4) is 5.75 Å². The second-order valence-electron chi connectivity index (χ2n) is 5.38. The SMILES string of the molecule is COc1cc(NC(=O)CC(C)=O)c(S(=O)(=O)O)cc1NC(=O)CC(C)=O. The summed E-state index contributed by atoms with van der Waals surface area (Å²) in [4.78, 5) is 44.7. The van der Waals surface area contributed by atoms with Gasteiger partial charge in [0.2, 0.25) is 11.8 Å². The maximum atomic E-state index is 11.7. The number of hydrogen-bond acceptors (Lipinski definition) is 7. The zero-order valence-electron chi connectivity index (χ0n) is 14.3. The Bertz CT molecular complexity index is 861. The van der Waals surface area contributed by atoms with Gasteiger partial charge < -0.3 is 15.4 Å². The Balaban J connectivity index is 3.35. The molecule has 1 aromatic carbocycles. The van der Waals surface area contributed by atoms with Gasteiger partial charge in [-0.15, -0.1) is 0 Å². The molecule has 142 valence electrons. The molecule has 2 amide bonds. The second-order valence-corrected chi connectivity index (χ2v) is 6.77. The molecule has 0 saturated heterocycles. The quantitative estimate of drug-likeness (QED) is 0.437. The number of benzene rings is 1. The maximum Gasteiger partial charge on any atom is 0.296 e. The molecular weight excluding hydrogens is 368 g/mol. The molecule has 0 unspecified atom stereocenters. The third kappa shape index (κ3) is 6.26. The normalized spacial score (nSPS) is 10.8. The van der Waals surface area contributed by atoms with Crippen LogP contribution in [0.2, 0.25) is 0 Å². The largest absolute Gasteiger partial charge is 0.494 e. The summed E-state index contributed by atoms with van der Waals surface area (Å²) in [7, 11) is -3.56. The summed E-state index contributed by atoms with van der Waals surface area (Å²) in [5.74, 6) is -2.41. The Labute approximate surface area is 149 Å². The summed E-state index contributed by atoms with van der Waals surface area (Å²) >= 11 is 0. The highest BCUT2D eigenvalue weighted by molar-refractivity contribution is 7.86. The summed E-state index contributed by atoms with van der Waals surface area (Å²) in [6.07, 6.45) is -0.939. The minimum atomic E-state index is -4.79. The Kier molecular flexibility index (Phi) is 6.98. The van der Waals surface area contributed by atoms with Crippen molar-refractivity contribution in [2.45, 2.75) is 31.6 Å². The van der Waals surface area contributed by atoms with Crippen LogP contribution in [0.25, 0.3) is 0 Å². The van der Waals surface area contributed by atoms with E-state index in [1.807, 2.05) is 0 Å². The van der Waals surface area contributed by atoms with Crippen molar-refractivity contribution in [1.82, 2.24) is 0 Å². The number of ketones is 2. The summed E-state index contributed by atoms with van der Waals surface area (Å²) in [5.41, 5.74) is -0.462. The van der Waals surface area contributed by atoms with Crippen LogP contribution in [0.15, 0.2) is 17.0 Å². The molecule has 0 radical (unpaired) electrons. The fourth-order valence-electron chi connectivity index (χ4n) is 1.98. The summed E-state index contributed by atoms with van der Waals surface area (Å²) in [6.45, 7) is 2.38. The number of nitrogens with one attached hydrogen (secondary N) is 2. The van der Waals surface area contributed by atoms with Crippen molar-refractivity contribution in [2.24, 2.45) is 0 Å². The molecule has 0 aromatic heterocycles. The lowest BCUT2D eigenvalue weighted by molar-refractivity contribution is -0.125. The number of rotatable bonds is 8. The van der Waals surface area contributed by atoms with Gasteiger partial charge in [0.1, 0.15) is 22.2 Å². The molecule has 1 rings (SSSR count). The fraction of sp³-hybridized carbons (Fsp3) is 0.333. The van der Waals surface area contributed by atoms with Crippen LogP contribution in [0.1, 0.15) is 26.7 Å². The van der Waals surface area contributed by atoms with E-state index in [2.05, 4.69) is 10.6 Å². The van der Waals surface area contributed by atoms with Crippen molar-refractivity contribution in [1.29, 1.82) is 0 Å². The van der Waals surface area contributed by atoms with Crippen molar-refractivity contribution in [3.63, 3.8) is 0 Å².